The van der Waals surface area contributed by atoms with Gasteiger partial charge in [-0.25, -0.2) is 0 Å². The van der Waals surface area contributed by atoms with Crippen LogP contribution in [-0.4, -0.2) is 4.92 Å². The molecule has 1 fully saturated rings. The molecule has 1 aromatic rings. The van der Waals surface area contributed by atoms with Crippen LogP contribution in [0.4, 0.5) is 5.69 Å². The molecule has 2 rings (SSSR count). The molecular weight excluding hydrogens is 332 g/mol. The smallest absolute Gasteiger partial charge is 0.258 e. The third-order valence-electron chi connectivity index (χ3n) is 4.54. The zero-order chi connectivity index (χ0) is 15.5. The van der Waals surface area contributed by atoms with Gasteiger partial charge in [0.25, 0.3) is 5.69 Å². The Morgan fingerprint density at radius 3 is 2.90 bits per heavy atom. The van der Waals surface area contributed by atoms with Crippen molar-refractivity contribution in [2.45, 2.75) is 45.4 Å². The van der Waals surface area contributed by atoms with Gasteiger partial charge in [0.05, 0.1) is 16.4 Å². The number of rotatable bonds is 4. The topological polar surface area (TPSA) is 66.9 Å². The molecule has 112 valence electrons. The minimum absolute atomic E-state index is 0.0757. The van der Waals surface area contributed by atoms with E-state index >= 15 is 0 Å². The number of hydrogen-bond acceptors (Lipinski definition) is 3. The lowest BCUT2D eigenvalue weighted by atomic mass is 9.67. The van der Waals surface area contributed by atoms with Crippen LogP contribution in [-0.2, 0) is 6.42 Å². The second-order valence-corrected chi connectivity index (χ2v) is 6.83. The van der Waals surface area contributed by atoms with Crippen LogP contribution in [0.15, 0.2) is 22.7 Å². The average molecular weight is 351 g/mol. The van der Waals surface area contributed by atoms with Crippen molar-refractivity contribution in [1.29, 1.82) is 5.26 Å². The molecule has 1 aromatic carbocycles. The summed E-state index contributed by atoms with van der Waals surface area (Å²) in [7, 11) is 0. The fourth-order valence-electron chi connectivity index (χ4n) is 3.29. The molecule has 0 spiro atoms. The number of nitriles is 1. The minimum atomic E-state index is -0.400. The average Bonchev–Trinajstić information content (AvgIpc) is 2.49. The summed E-state index contributed by atoms with van der Waals surface area (Å²) in [6.07, 6.45) is 5.94. The number of non-ortho nitro benzene ring substituents is 1. The SMILES string of the molecule is CCC1CCCC(C#N)(Cc2ccc([N+](=O)[O-])cc2Br)C1. The number of halogens is 1. The standard InChI is InChI=1S/C16H19BrN2O2/c1-2-12-4-3-7-16(9-12,11-18)10-13-5-6-14(19(20)21)8-15(13)17/h5-6,8,12H,2-4,7,9-10H2,1H3. The van der Waals surface area contributed by atoms with Crippen molar-refractivity contribution in [2.24, 2.45) is 11.3 Å². The molecule has 0 radical (unpaired) electrons. The Hall–Kier alpha value is -1.41. The van der Waals surface area contributed by atoms with Crippen molar-refractivity contribution in [3.8, 4) is 6.07 Å². The maximum atomic E-state index is 10.8. The number of nitrogens with zero attached hydrogens (tertiary/aromatic N) is 2. The molecule has 21 heavy (non-hydrogen) atoms. The molecule has 0 aromatic heterocycles. The van der Waals surface area contributed by atoms with Crippen LogP contribution in [0.25, 0.3) is 0 Å². The third-order valence-corrected chi connectivity index (χ3v) is 5.28. The molecule has 1 aliphatic carbocycles. The van der Waals surface area contributed by atoms with E-state index in [-0.39, 0.29) is 11.1 Å². The largest absolute Gasteiger partial charge is 0.270 e. The van der Waals surface area contributed by atoms with Crippen LogP contribution < -0.4 is 0 Å². The Kier molecular flexibility index (Phi) is 5.00. The van der Waals surface area contributed by atoms with Crippen LogP contribution in [0, 0.1) is 32.8 Å². The van der Waals surface area contributed by atoms with Gasteiger partial charge >= 0.3 is 0 Å². The predicted molar refractivity (Wildman–Crippen MR) is 84.8 cm³/mol. The van der Waals surface area contributed by atoms with Crippen LogP contribution in [0.3, 0.4) is 0 Å². The summed E-state index contributed by atoms with van der Waals surface area (Å²) in [5.41, 5.74) is 0.739. The maximum absolute atomic E-state index is 10.8. The van der Waals surface area contributed by atoms with E-state index in [1.165, 1.54) is 18.6 Å². The highest BCUT2D eigenvalue weighted by atomic mass is 79.9. The van der Waals surface area contributed by atoms with E-state index in [1.54, 1.807) is 6.07 Å². The van der Waals surface area contributed by atoms with Crippen molar-refractivity contribution in [3.63, 3.8) is 0 Å². The van der Waals surface area contributed by atoms with E-state index < -0.39 is 4.92 Å². The second-order valence-electron chi connectivity index (χ2n) is 5.97. The Labute approximate surface area is 133 Å². The Morgan fingerprint density at radius 2 is 2.33 bits per heavy atom. The van der Waals surface area contributed by atoms with E-state index in [0.29, 0.717) is 12.3 Å². The van der Waals surface area contributed by atoms with Gasteiger partial charge in [-0.2, -0.15) is 5.26 Å². The van der Waals surface area contributed by atoms with Crippen molar-refractivity contribution in [2.75, 3.05) is 0 Å². The van der Waals surface area contributed by atoms with Crippen LogP contribution >= 0.6 is 15.9 Å². The van der Waals surface area contributed by atoms with E-state index in [1.807, 2.05) is 0 Å². The number of nitro groups is 1. The van der Waals surface area contributed by atoms with E-state index in [4.69, 9.17) is 0 Å². The first-order chi connectivity index (χ1) is 9.99. The monoisotopic (exact) mass is 350 g/mol. The summed E-state index contributed by atoms with van der Waals surface area (Å²) < 4.78 is 0.727. The Balaban J connectivity index is 2.23. The van der Waals surface area contributed by atoms with Crippen LogP contribution in [0.2, 0.25) is 0 Å². The van der Waals surface area contributed by atoms with E-state index in [2.05, 4.69) is 28.9 Å². The molecule has 0 bridgehead atoms. The quantitative estimate of drug-likeness (QED) is 0.566. The van der Waals surface area contributed by atoms with Crippen LogP contribution in [0.5, 0.6) is 0 Å². The number of nitro benzene ring substituents is 1. The third kappa shape index (κ3) is 3.62. The highest BCUT2D eigenvalue weighted by Crippen LogP contribution is 2.43. The molecule has 0 aliphatic heterocycles. The van der Waals surface area contributed by atoms with Crippen molar-refractivity contribution >= 4 is 21.6 Å². The first kappa shape index (κ1) is 16.0. The molecule has 0 amide bonds. The molecule has 2 atom stereocenters. The molecule has 0 heterocycles. The number of benzene rings is 1. The lowest BCUT2D eigenvalue weighted by Gasteiger charge is -2.35. The fraction of sp³-hybridized carbons (Fsp3) is 0.562. The molecule has 0 saturated heterocycles. The minimum Gasteiger partial charge on any atom is -0.258 e. The highest BCUT2D eigenvalue weighted by Gasteiger charge is 2.36. The highest BCUT2D eigenvalue weighted by molar-refractivity contribution is 9.10. The van der Waals surface area contributed by atoms with Crippen LogP contribution in [0.1, 0.15) is 44.6 Å². The summed E-state index contributed by atoms with van der Waals surface area (Å²) in [5.74, 6) is 0.621. The van der Waals surface area contributed by atoms with Crippen molar-refractivity contribution in [1.82, 2.24) is 0 Å². The lowest BCUT2D eigenvalue weighted by Crippen LogP contribution is -2.29. The molecular formula is C16H19BrN2O2. The van der Waals surface area contributed by atoms with Gasteiger partial charge < -0.3 is 0 Å². The normalized spacial score (nSPS) is 25.3. The van der Waals surface area contributed by atoms with Gasteiger partial charge in [0.2, 0.25) is 0 Å². The summed E-state index contributed by atoms with van der Waals surface area (Å²) in [6.45, 7) is 2.18. The Bertz CT molecular complexity index is 582. The first-order valence-corrected chi connectivity index (χ1v) is 8.13. The molecule has 2 unspecified atom stereocenters. The van der Waals surface area contributed by atoms with Crippen molar-refractivity contribution < 1.29 is 4.92 Å². The molecule has 5 heteroatoms. The van der Waals surface area contributed by atoms with Gasteiger partial charge in [0, 0.05) is 16.6 Å². The zero-order valence-corrected chi connectivity index (χ0v) is 13.7. The summed E-state index contributed by atoms with van der Waals surface area (Å²) in [4.78, 5) is 10.4. The fourth-order valence-corrected chi connectivity index (χ4v) is 3.80. The molecule has 4 nitrogen and oxygen atoms in total. The van der Waals surface area contributed by atoms with Gasteiger partial charge in [0.1, 0.15) is 0 Å². The summed E-state index contributed by atoms with van der Waals surface area (Å²) >= 11 is 3.41. The van der Waals surface area contributed by atoms with Crippen molar-refractivity contribution in [3.05, 3.63) is 38.3 Å². The van der Waals surface area contributed by atoms with Gasteiger partial charge in [-0.05, 0) is 30.7 Å². The number of hydrogen-bond donors (Lipinski definition) is 0. The van der Waals surface area contributed by atoms with E-state index in [0.717, 1.165) is 35.7 Å². The molecule has 1 saturated carbocycles. The van der Waals surface area contributed by atoms with Gasteiger partial charge in [-0.15, -0.1) is 0 Å². The maximum Gasteiger partial charge on any atom is 0.270 e. The summed E-state index contributed by atoms with van der Waals surface area (Å²) in [6, 6.07) is 7.36. The van der Waals surface area contributed by atoms with Gasteiger partial charge in [-0.3, -0.25) is 10.1 Å². The Morgan fingerprint density at radius 1 is 1.57 bits per heavy atom. The van der Waals surface area contributed by atoms with E-state index in [9.17, 15) is 15.4 Å². The predicted octanol–water partition coefficient (Wildman–Crippen LogP) is 5.01. The summed E-state index contributed by atoms with van der Waals surface area (Å²) in [5, 5.41) is 20.5. The second kappa shape index (κ2) is 6.57. The zero-order valence-electron chi connectivity index (χ0n) is 12.1. The van der Waals surface area contributed by atoms with Gasteiger partial charge in [-0.1, -0.05) is 48.2 Å². The first-order valence-electron chi connectivity index (χ1n) is 7.34. The molecule has 1 aliphatic rings. The van der Waals surface area contributed by atoms with Gasteiger partial charge in [0.15, 0.2) is 0 Å². The molecule has 0 N–H and O–H groups in total. The lowest BCUT2D eigenvalue weighted by molar-refractivity contribution is -0.384.